The van der Waals surface area contributed by atoms with Crippen molar-refractivity contribution in [3.8, 4) is 0 Å². The first kappa shape index (κ1) is 27.1. The van der Waals surface area contributed by atoms with Gasteiger partial charge in [0, 0.05) is 13.2 Å². The molecule has 0 amide bonds. The number of phosphoric ester groups is 1. The van der Waals surface area contributed by atoms with E-state index in [4.69, 9.17) is 14.5 Å². The second kappa shape index (κ2) is 20.8. The maximum absolute atomic E-state index is 10.5. The molecule has 0 aliphatic carbocycles. The summed E-state index contributed by atoms with van der Waals surface area (Å²) in [5.41, 5.74) is 0. The lowest BCUT2D eigenvalue weighted by molar-refractivity contribution is 0.108. The van der Waals surface area contributed by atoms with E-state index in [1.165, 1.54) is 96.3 Å². The lowest BCUT2D eigenvalue weighted by Gasteiger charge is -2.06. The number of ether oxygens (including phenoxy) is 1. The molecule has 0 unspecified atom stereocenters. The highest BCUT2D eigenvalue weighted by atomic mass is 31.2. The zero-order chi connectivity index (χ0) is 20.1. The average molecular weight is 409 g/mol. The van der Waals surface area contributed by atoms with Crippen LogP contribution in [0.15, 0.2) is 0 Å². The normalized spacial score (nSPS) is 12.0. The minimum absolute atomic E-state index is 0.0449. The summed E-state index contributed by atoms with van der Waals surface area (Å²) < 4.78 is 20.3. The molecule has 2 N–H and O–H groups in total. The van der Waals surface area contributed by atoms with Gasteiger partial charge in [0.1, 0.15) is 0 Å². The zero-order valence-electron chi connectivity index (χ0n) is 17.7. The van der Waals surface area contributed by atoms with E-state index >= 15 is 0 Å². The van der Waals surface area contributed by atoms with Crippen molar-refractivity contribution < 1.29 is 23.6 Å². The van der Waals surface area contributed by atoms with Gasteiger partial charge in [0.15, 0.2) is 0 Å². The molecule has 0 fully saturated rings. The Labute approximate surface area is 167 Å². The number of hydrogen-bond donors (Lipinski definition) is 2. The Morgan fingerprint density at radius 1 is 0.556 bits per heavy atom. The monoisotopic (exact) mass is 408 g/mol. The molecule has 0 aliphatic rings. The van der Waals surface area contributed by atoms with Gasteiger partial charge in [-0.2, -0.15) is 0 Å². The number of hydrogen-bond acceptors (Lipinski definition) is 3. The number of unbranched alkanes of at least 4 members (excludes halogenated alkanes) is 15. The van der Waals surface area contributed by atoms with Crippen LogP contribution in [0, 0.1) is 0 Å². The maximum Gasteiger partial charge on any atom is 0.469 e. The van der Waals surface area contributed by atoms with Crippen molar-refractivity contribution in [1.29, 1.82) is 0 Å². The summed E-state index contributed by atoms with van der Waals surface area (Å²) >= 11 is 0. The quantitative estimate of drug-likeness (QED) is 0.153. The van der Waals surface area contributed by atoms with Crippen molar-refractivity contribution in [1.82, 2.24) is 0 Å². The molecule has 6 heteroatoms. The Bertz CT molecular complexity index is 333. The van der Waals surface area contributed by atoms with Gasteiger partial charge in [-0.25, -0.2) is 4.57 Å². The molecule has 5 nitrogen and oxygen atoms in total. The van der Waals surface area contributed by atoms with Crippen molar-refractivity contribution in [2.45, 2.75) is 116 Å². The predicted molar refractivity (Wildman–Crippen MR) is 113 cm³/mol. The molecule has 0 radical (unpaired) electrons. The summed E-state index contributed by atoms with van der Waals surface area (Å²) in [7, 11) is -4.32. The van der Waals surface area contributed by atoms with Crippen molar-refractivity contribution in [3.05, 3.63) is 0 Å². The highest BCUT2D eigenvalue weighted by Gasteiger charge is 2.12. The fourth-order valence-electron chi connectivity index (χ4n) is 3.20. The first-order chi connectivity index (χ1) is 13.1. The Balaban J connectivity index is 3.02. The topological polar surface area (TPSA) is 76.0 Å². The van der Waals surface area contributed by atoms with Crippen LogP contribution in [0.3, 0.4) is 0 Å². The van der Waals surface area contributed by atoms with E-state index in [0.29, 0.717) is 13.0 Å². The highest BCUT2D eigenvalue weighted by molar-refractivity contribution is 7.46. The minimum atomic E-state index is -4.32. The molecule has 164 valence electrons. The van der Waals surface area contributed by atoms with E-state index in [1.54, 1.807) is 0 Å². The van der Waals surface area contributed by atoms with E-state index in [2.05, 4.69) is 11.4 Å². The van der Waals surface area contributed by atoms with Gasteiger partial charge in [0.25, 0.3) is 0 Å². The highest BCUT2D eigenvalue weighted by Crippen LogP contribution is 2.35. The first-order valence-corrected chi connectivity index (χ1v) is 12.9. The van der Waals surface area contributed by atoms with E-state index in [-0.39, 0.29) is 6.61 Å². The lowest BCUT2D eigenvalue weighted by atomic mass is 10.0. The summed E-state index contributed by atoms with van der Waals surface area (Å²) in [6.45, 7) is 3.55. The molecule has 0 saturated carbocycles. The van der Waals surface area contributed by atoms with Gasteiger partial charge >= 0.3 is 7.82 Å². The molecular formula is C21H45O5P. The molecule has 0 spiro atoms. The average Bonchev–Trinajstić information content (AvgIpc) is 2.62. The van der Waals surface area contributed by atoms with Gasteiger partial charge in [-0.05, 0) is 12.8 Å². The molecule has 0 atom stereocenters. The van der Waals surface area contributed by atoms with Crippen LogP contribution in [0.5, 0.6) is 0 Å². The molecule has 0 saturated heterocycles. The van der Waals surface area contributed by atoms with Crippen LogP contribution in [-0.2, 0) is 13.8 Å². The maximum atomic E-state index is 10.5. The molecule has 0 aromatic heterocycles. The van der Waals surface area contributed by atoms with Crippen LogP contribution in [0.4, 0.5) is 0 Å². The SMILES string of the molecule is CCCCCCCCCCCCCCCCCCOCCCOP(=O)(O)O. The van der Waals surface area contributed by atoms with Crippen molar-refractivity contribution >= 4 is 7.82 Å². The summed E-state index contributed by atoms with van der Waals surface area (Å²) in [6.07, 6.45) is 22.3. The second-order valence-corrected chi connectivity index (χ2v) is 8.83. The van der Waals surface area contributed by atoms with Crippen LogP contribution >= 0.6 is 7.82 Å². The van der Waals surface area contributed by atoms with Crippen LogP contribution in [0.1, 0.15) is 116 Å². The van der Waals surface area contributed by atoms with Gasteiger partial charge in [0.2, 0.25) is 0 Å². The van der Waals surface area contributed by atoms with Crippen molar-refractivity contribution in [2.75, 3.05) is 19.8 Å². The van der Waals surface area contributed by atoms with E-state index < -0.39 is 7.82 Å². The lowest BCUT2D eigenvalue weighted by Crippen LogP contribution is -2.01. The molecule has 0 aromatic carbocycles. The molecule has 0 rings (SSSR count). The number of phosphoric acid groups is 1. The summed E-state index contributed by atoms with van der Waals surface area (Å²) in [4.78, 5) is 17.0. The summed E-state index contributed by atoms with van der Waals surface area (Å²) in [5, 5.41) is 0. The van der Waals surface area contributed by atoms with Gasteiger partial charge in [-0.3, -0.25) is 4.52 Å². The van der Waals surface area contributed by atoms with E-state index in [9.17, 15) is 4.57 Å². The molecule has 0 aromatic rings. The predicted octanol–water partition coefficient (Wildman–Crippen LogP) is 6.76. The summed E-state index contributed by atoms with van der Waals surface area (Å²) in [6, 6.07) is 0. The molecule has 27 heavy (non-hydrogen) atoms. The Morgan fingerprint density at radius 3 is 1.33 bits per heavy atom. The Hall–Kier alpha value is 0.0700. The Kier molecular flexibility index (Phi) is 20.8. The standard InChI is InChI=1S/C21H45O5P/c1-2-3-4-5-6-7-8-9-10-11-12-13-14-15-16-17-19-25-20-18-21-26-27(22,23)24/h2-21H2,1H3,(H2,22,23,24). The first-order valence-electron chi connectivity index (χ1n) is 11.3. The molecule has 0 heterocycles. The number of rotatable bonds is 22. The van der Waals surface area contributed by atoms with Crippen LogP contribution in [0.25, 0.3) is 0 Å². The second-order valence-electron chi connectivity index (χ2n) is 7.59. The third-order valence-electron chi connectivity index (χ3n) is 4.83. The third-order valence-corrected chi connectivity index (χ3v) is 5.35. The van der Waals surface area contributed by atoms with E-state index in [1.807, 2.05) is 0 Å². The van der Waals surface area contributed by atoms with Crippen molar-refractivity contribution in [3.63, 3.8) is 0 Å². The molecule has 0 bridgehead atoms. The fraction of sp³-hybridized carbons (Fsp3) is 1.00. The summed E-state index contributed by atoms with van der Waals surface area (Å²) in [5.74, 6) is 0. The smallest absolute Gasteiger partial charge is 0.381 e. The van der Waals surface area contributed by atoms with E-state index in [0.717, 1.165) is 13.0 Å². The van der Waals surface area contributed by atoms with Gasteiger partial charge in [0.05, 0.1) is 6.61 Å². The minimum Gasteiger partial charge on any atom is -0.381 e. The Morgan fingerprint density at radius 2 is 0.926 bits per heavy atom. The zero-order valence-corrected chi connectivity index (χ0v) is 18.6. The van der Waals surface area contributed by atoms with Crippen molar-refractivity contribution in [2.24, 2.45) is 0 Å². The third kappa shape index (κ3) is 26.1. The van der Waals surface area contributed by atoms with Crippen LogP contribution in [-0.4, -0.2) is 29.6 Å². The van der Waals surface area contributed by atoms with Gasteiger partial charge in [-0.1, -0.05) is 103 Å². The largest absolute Gasteiger partial charge is 0.469 e. The fourth-order valence-corrected chi connectivity index (χ4v) is 3.57. The molecule has 0 aliphatic heterocycles. The van der Waals surface area contributed by atoms with Gasteiger partial charge < -0.3 is 14.5 Å². The molecular weight excluding hydrogens is 363 g/mol. The van der Waals surface area contributed by atoms with Crippen LogP contribution in [0.2, 0.25) is 0 Å². The van der Waals surface area contributed by atoms with Gasteiger partial charge in [-0.15, -0.1) is 0 Å². The van der Waals surface area contributed by atoms with Crippen LogP contribution < -0.4 is 0 Å².